The van der Waals surface area contributed by atoms with Gasteiger partial charge in [-0.15, -0.1) is 11.3 Å². The van der Waals surface area contributed by atoms with Crippen LogP contribution in [0.1, 0.15) is 53.8 Å². The molecule has 0 radical (unpaired) electrons. The van der Waals surface area contributed by atoms with Gasteiger partial charge >= 0.3 is 6.03 Å². The van der Waals surface area contributed by atoms with E-state index in [2.05, 4.69) is 31.5 Å². The Hall–Kier alpha value is -2.79. The lowest BCUT2D eigenvalue weighted by molar-refractivity contribution is -0.136. The van der Waals surface area contributed by atoms with Gasteiger partial charge in [-0.2, -0.15) is 0 Å². The van der Waals surface area contributed by atoms with Crippen molar-refractivity contribution < 1.29 is 19.1 Å². The first kappa shape index (κ1) is 30.7. The molecule has 0 unspecified atom stereocenters. The summed E-state index contributed by atoms with van der Waals surface area (Å²) in [6.07, 6.45) is 5.00. The lowest BCUT2D eigenvalue weighted by atomic mass is 9.80. The van der Waals surface area contributed by atoms with E-state index in [0.29, 0.717) is 30.7 Å². The van der Waals surface area contributed by atoms with Crippen molar-refractivity contribution in [2.75, 3.05) is 45.9 Å². The fraction of sp³-hybridized carbons (Fsp3) is 0.469. The van der Waals surface area contributed by atoms with Gasteiger partial charge in [0.1, 0.15) is 5.54 Å². The van der Waals surface area contributed by atoms with E-state index in [4.69, 9.17) is 4.74 Å². The molecule has 2 heterocycles. The number of nitrogens with zero attached hydrogens (tertiary/aromatic N) is 2. The van der Waals surface area contributed by atoms with Crippen molar-refractivity contribution in [1.82, 2.24) is 20.4 Å². The quantitative estimate of drug-likeness (QED) is 0.278. The molecule has 1 saturated heterocycles. The topological polar surface area (TPSA) is 91.0 Å². The maximum absolute atomic E-state index is 14.4. The molecule has 5 rings (SSSR count). The zero-order valence-electron chi connectivity index (χ0n) is 23.9. The molecule has 2 N–H and O–H groups in total. The van der Waals surface area contributed by atoms with Crippen LogP contribution < -0.4 is 10.6 Å². The highest BCUT2D eigenvalue weighted by Crippen LogP contribution is 2.33. The van der Waals surface area contributed by atoms with E-state index in [1.807, 2.05) is 54.6 Å². The van der Waals surface area contributed by atoms with Gasteiger partial charge < -0.3 is 15.4 Å². The van der Waals surface area contributed by atoms with Gasteiger partial charge in [0.05, 0.1) is 18.1 Å². The average Bonchev–Trinajstić information content (AvgIpc) is 3.44. The second-order valence-corrected chi connectivity index (χ2v) is 13.1. The van der Waals surface area contributed by atoms with E-state index in [9.17, 15) is 14.4 Å². The molecule has 2 aromatic carbocycles. The molecule has 1 saturated carbocycles. The number of rotatable bonds is 10. The minimum absolute atomic E-state index is 0.243. The predicted octanol–water partition coefficient (Wildman–Crippen LogP) is 5.60. The molecule has 1 aliphatic heterocycles. The van der Waals surface area contributed by atoms with Crippen LogP contribution in [0.25, 0.3) is 10.1 Å². The van der Waals surface area contributed by atoms with Gasteiger partial charge in [0.15, 0.2) is 0 Å². The number of carbonyl (C=O) groups is 3. The lowest BCUT2D eigenvalue weighted by Gasteiger charge is -2.39. The Morgan fingerprint density at radius 3 is 2.52 bits per heavy atom. The number of nitrogens with one attached hydrogen (secondary N) is 2. The first-order valence-electron chi connectivity index (χ1n) is 14.9. The van der Waals surface area contributed by atoms with Crippen LogP contribution in [0.5, 0.6) is 0 Å². The number of imide groups is 1. The van der Waals surface area contributed by atoms with Gasteiger partial charge in [-0.05, 0) is 61.4 Å². The van der Waals surface area contributed by atoms with E-state index >= 15 is 0 Å². The number of ether oxygens (including phenoxy) is 1. The third-order valence-corrected chi connectivity index (χ3v) is 9.75. The van der Waals surface area contributed by atoms with Crippen molar-refractivity contribution in [3.8, 4) is 0 Å². The van der Waals surface area contributed by atoms with Crippen LogP contribution in [0.3, 0.4) is 0 Å². The van der Waals surface area contributed by atoms with Crippen LogP contribution in [0.15, 0.2) is 59.1 Å². The van der Waals surface area contributed by atoms with E-state index in [-0.39, 0.29) is 18.4 Å². The molecule has 1 aliphatic carbocycles. The number of thiophene rings is 1. The Bertz CT molecular complexity index is 1370. The van der Waals surface area contributed by atoms with Crippen LogP contribution in [0.4, 0.5) is 4.79 Å². The molecule has 1 aromatic heterocycles. The Morgan fingerprint density at radius 1 is 1.00 bits per heavy atom. The predicted molar refractivity (Wildman–Crippen MR) is 170 cm³/mol. The molecule has 4 amide bonds. The van der Waals surface area contributed by atoms with E-state index in [0.717, 1.165) is 78.7 Å². The Kier molecular flexibility index (Phi) is 10.7. The molecule has 2 fully saturated rings. The molecule has 10 heteroatoms. The van der Waals surface area contributed by atoms with Crippen LogP contribution >= 0.6 is 27.3 Å². The number of morpholine rings is 1. The summed E-state index contributed by atoms with van der Waals surface area (Å²) in [7, 11) is 0. The molecular weight excluding hydrogens is 616 g/mol. The molecule has 0 atom stereocenters. The van der Waals surface area contributed by atoms with Crippen molar-refractivity contribution in [3.05, 3.63) is 69.5 Å². The number of hydrogen-bond donors (Lipinski definition) is 2. The average molecular weight is 656 g/mol. The standard InChI is InChI=1S/C32H39BrN4O4S/c33-26-11-10-25-22-28(42-27(25)23-26)29(38)35-32(13-5-2-6-14-32)30(39)37(17-12-24-8-3-1-4-9-24)31(40)34-15-7-16-36-18-20-41-21-19-36/h1,3-4,8-11,22-23H,2,5-7,12-21H2,(H,34,40)(H,35,38). The Balaban J connectivity index is 1.31. The highest BCUT2D eigenvalue weighted by molar-refractivity contribution is 9.10. The number of fused-ring (bicyclic) bond motifs is 1. The summed E-state index contributed by atoms with van der Waals surface area (Å²) < 4.78 is 7.37. The fourth-order valence-corrected chi connectivity index (χ4v) is 7.31. The first-order chi connectivity index (χ1) is 20.4. The molecule has 42 heavy (non-hydrogen) atoms. The molecule has 3 aromatic rings. The van der Waals surface area contributed by atoms with Gasteiger partial charge in [0.25, 0.3) is 11.8 Å². The summed E-state index contributed by atoms with van der Waals surface area (Å²) in [5.74, 6) is -0.586. The van der Waals surface area contributed by atoms with E-state index in [1.165, 1.54) is 16.2 Å². The second-order valence-electron chi connectivity index (χ2n) is 11.1. The summed E-state index contributed by atoms with van der Waals surface area (Å²) in [5, 5.41) is 7.12. The number of benzene rings is 2. The zero-order valence-corrected chi connectivity index (χ0v) is 26.3. The van der Waals surface area contributed by atoms with Crippen molar-refractivity contribution in [3.63, 3.8) is 0 Å². The van der Waals surface area contributed by atoms with Crippen LogP contribution in [0.2, 0.25) is 0 Å². The van der Waals surface area contributed by atoms with Gasteiger partial charge in [-0.25, -0.2) is 4.79 Å². The van der Waals surface area contributed by atoms with Crippen molar-refractivity contribution in [2.45, 2.75) is 50.5 Å². The monoisotopic (exact) mass is 654 g/mol. The number of urea groups is 1. The summed E-state index contributed by atoms with van der Waals surface area (Å²) in [5.41, 5.74) is -0.0675. The SMILES string of the molecule is O=C(NC1(C(=O)N(CCc2ccccc2)C(=O)NCCCN2CCOCC2)CCCCC1)c1cc2ccc(Br)cc2s1. The number of carbonyl (C=O) groups excluding carboxylic acids is 3. The van der Waals surface area contributed by atoms with Gasteiger partial charge in [0, 0.05) is 35.4 Å². The van der Waals surface area contributed by atoms with Crippen LogP contribution in [0, 0.1) is 0 Å². The maximum atomic E-state index is 14.4. The van der Waals surface area contributed by atoms with E-state index in [1.54, 1.807) is 0 Å². The Morgan fingerprint density at radius 2 is 1.76 bits per heavy atom. The van der Waals surface area contributed by atoms with Crippen LogP contribution in [-0.4, -0.2) is 79.1 Å². The highest BCUT2D eigenvalue weighted by atomic mass is 79.9. The third kappa shape index (κ3) is 7.78. The normalized spacial score (nSPS) is 17.1. The smallest absolute Gasteiger partial charge is 0.324 e. The number of amides is 4. The fourth-order valence-electron chi connectivity index (χ4n) is 5.80. The molecule has 8 nitrogen and oxygen atoms in total. The number of halogens is 1. The highest BCUT2D eigenvalue weighted by Gasteiger charge is 2.45. The molecule has 2 aliphatic rings. The van der Waals surface area contributed by atoms with Crippen molar-refractivity contribution in [1.29, 1.82) is 0 Å². The second kappa shape index (κ2) is 14.6. The summed E-state index contributed by atoms with van der Waals surface area (Å²) in [6.45, 7) is 4.85. The van der Waals surface area contributed by atoms with Gasteiger partial charge in [-0.1, -0.05) is 71.6 Å². The molecule has 0 bridgehead atoms. The van der Waals surface area contributed by atoms with Crippen molar-refractivity contribution >= 4 is 55.2 Å². The Labute approximate surface area is 259 Å². The first-order valence-corrected chi connectivity index (χ1v) is 16.5. The molecular formula is C32H39BrN4O4S. The summed E-state index contributed by atoms with van der Waals surface area (Å²) in [6, 6.07) is 17.3. The zero-order chi connectivity index (χ0) is 29.4. The molecule has 224 valence electrons. The number of hydrogen-bond acceptors (Lipinski definition) is 6. The van der Waals surface area contributed by atoms with Crippen LogP contribution in [-0.2, 0) is 16.0 Å². The largest absolute Gasteiger partial charge is 0.379 e. The van der Waals surface area contributed by atoms with Gasteiger partial charge in [-0.3, -0.25) is 19.4 Å². The lowest BCUT2D eigenvalue weighted by Crippen LogP contribution is -2.63. The molecule has 0 spiro atoms. The third-order valence-electron chi connectivity index (χ3n) is 8.16. The minimum atomic E-state index is -1.12. The van der Waals surface area contributed by atoms with Gasteiger partial charge in [0.2, 0.25) is 0 Å². The summed E-state index contributed by atoms with van der Waals surface area (Å²) >= 11 is 4.91. The summed E-state index contributed by atoms with van der Waals surface area (Å²) in [4.78, 5) is 45.8. The maximum Gasteiger partial charge on any atom is 0.324 e. The minimum Gasteiger partial charge on any atom is -0.379 e. The van der Waals surface area contributed by atoms with Crippen molar-refractivity contribution in [2.24, 2.45) is 0 Å². The van der Waals surface area contributed by atoms with E-state index < -0.39 is 11.6 Å².